The van der Waals surface area contributed by atoms with Crippen molar-refractivity contribution in [2.75, 3.05) is 37.8 Å². The van der Waals surface area contributed by atoms with Gasteiger partial charge in [0.1, 0.15) is 5.82 Å². The van der Waals surface area contributed by atoms with E-state index >= 15 is 0 Å². The molecule has 9 nitrogen and oxygen atoms in total. The number of hydrogen-bond acceptors (Lipinski definition) is 8. The van der Waals surface area contributed by atoms with Gasteiger partial charge in [0.25, 0.3) is 5.69 Å². The SMILES string of the molecule is CN(C)CCCN(C(=O)CCS(=O)(=O)c1ccc(F)cc1)c1nc2ccc([N+](=O)[O-])cc2s1.Cl. The second-order valence-corrected chi connectivity index (χ2v) is 10.7. The van der Waals surface area contributed by atoms with Gasteiger partial charge in [-0.15, -0.1) is 12.4 Å². The Morgan fingerprint density at radius 2 is 1.82 bits per heavy atom. The van der Waals surface area contributed by atoms with Crippen LogP contribution in [0, 0.1) is 15.9 Å². The minimum absolute atomic E-state index is 0. The molecule has 13 heteroatoms. The lowest BCUT2D eigenvalue weighted by molar-refractivity contribution is -0.384. The van der Waals surface area contributed by atoms with Gasteiger partial charge in [-0.1, -0.05) is 11.3 Å². The topological polar surface area (TPSA) is 114 Å². The minimum Gasteiger partial charge on any atom is -0.309 e. The van der Waals surface area contributed by atoms with Gasteiger partial charge in [-0.3, -0.25) is 19.8 Å². The van der Waals surface area contributed by atoms with Gasteiger partial charge in [-0.05, 0) is 57.4 Å². The van der Waals surface area contributed by atoms with Crippen LogP contribution in [-0.2, 0) is 14.6 Å². The average molecular weight is 531 g/mol. The minimum atomic E-state index is -3.78. The number of hydrogen-bond donors (Lipinski definition) is 0. The number of sulfone groups is 1. The van der Waals surface area contributed by atoms with Crippen LogP contribution in [0.15, 0.2) is 47.4 Å². The highest BCUT2D eigenvalue weighted by Crippen LogP contribution is 2.32. The van der Waals surface area contributed by atoms with Crippen molar-refractivity contribution in [2.24, 2.45) is 0 Å². The van der Waals surface area contributed by atoms with Crippen LogP contribution in [-0.4, -0.2) is 62.1 Å². The Bertz CT molecular complexity index is 1270. The molecular formula is C21H24ClFN4O5S2. The number of benzene rings is 2. The molecule has 2 aromatic carbocycles. The molecule has 1 aromatic heterocycles. The van der Waals surface area contributed by atoms with Crippen LogP contribution < -0.4 is 4.90 Å². The van der Waals surface area contributed by atoms with Crippen molar-refractivity contribution < 1.29 is 22.5 Å². The molecule has 0 aliphatic carbocycles. The first-order chi connectivity index (χ1) is 15.6. The highest BCUT2D eigenvalue weighted by Gasteiger charge is 2.23. The predicted molar refractivity (Wildman–Crippen MR) is 132 cm³/mol. The van der Waals surface area contributed by atoms with E-state index in [4.69, 9.17) is 0 Å². The third kappa shape index (κ3) is 6.92. The lowest BCUT2D eigenvalue weighted by Crippen LogP contribution is -2.34. The van der Waals surface area contributed by atoms with Crippen LogP contribution >= 0.6 is 23.7 Å². The quantitative estimate of drug-likeness (QED) is 0.222. The Balaban J connectivity index is 0.00000408. The number of nitro benzene ring substituents is 1. The van der Waals surface area contributed by atoms with Gasteiger partial charge in [0.15, 0.2) is 15.0 Å². The number of rotatable bonds is 10. The number of nitro groups is 1. The number of non-ortho nitro benzene ring substituents is 1. The molecule has 0 radical (unpaired) electrons. The van der Waals surface area contributed by atoms with Gasteiger partial charge in [-0.25, -0.2) is 17.8 Å². The van der Waals surface area contributed by atoms with Crippen molar-refractivity contribution in [2.45, 2.75) is 17.7 Å². The number of anilines is 1. The molecule has 0 spiro atoms. The van der Waals surface area contributed by atoms with Crippen molar-refractivity contribution in [1.29, 1.82) is 0 Å². The zero-order valence-corrected chi connectivity index (χ0v) is 21.0. The average Bonchev–Trinajstić information content (AvgIpc) is 3.18. The number of nitrogens with zero attached hydrogens (tertiary/aromatic N) is 4. The maximum atomic E-state index is 13.1. The van der Waals surface area contributed by atoms with Crippen LogP contribution in [0.25, 0.3) is 10.2 Å². The van der Waals surface area contributed by atoms with Gasteiger partial charge >= 0.3 is 0 Å². The zero-order valence-electron chi connectivity index (χ0n) is 18.5. The van der Waals surface area contributed by atoms with E-state index < -0.39 is 32.2 Å². The summed E-state index contributed by atoms with van der Waals surface area (Å²) in [5.41, 5.74) is 0.443. The third-order valence-electron chi connectivity index (χ3n) is 4.85. The molecule has 3 aromatic rings. The Morgan fingerprint density at radius 1 is 1.15 bits per heavy atom. The van der Waals surface area contributed by atoms with Gasteiger partial charge in [0.05, 0.1) is 25.8 Å². The van der Waals surface area contributed by atoms with E-state index in [2.05, 4.69) is 4.98 Å². The summed E-state index contributed by atoms with van der Waals surface area (Å²) in [7, 11) is 0.0262. The fraction of sp³-hybridized carbons (Fsp3) is 0.333. The highest BCUT2D eigenvalue weighted by molar-refractivity contribution is 7.91. The fourth-order valence-electron chi connectivity index (χ4n) is 3.12. The molecule has 0 unspecified atom stereocenters. The van der Waals surface area contributed by atoms with Crippen molar-refractivity contribution in [1.82, 2.24) is 9.88 Å². The van der Waals surface area contributed by atoms with Crippen molar-refractivity contribution in [3.63, 3.8) is 0 Å². The number of thiazole rings is 1. The summed E-state index contributed by atoms with van der Waals surface area (Å²) in [5.74, 6) is -1.40. The molecule has 34 heavy (non-hydrogen) atoms. The molecule has 0 bridgehead atoms. The van der Waals surface area contributed by atoms with Crippen LogP contribution in [0.3, 0.4) is 0 Å². The summed E-state index contributed by atoms with van der Waals surface area (Å²) < 4.78 is 38.8. The lowest BCUT2D eigenvalue weighted by atomic mass is 10.3. The van der Waals surface area contributed by atoms with Gasteiger partial charge in [0, 0.05) is 25.1 Å². The number of fused-ring (bicyclic) bond motifs is 1. The summed E-state index contributed by atoms with van der Waals surface area (Å²) in [6.45, 7) is 1.02. The van der Waals surface area contributed by atoms with E-state index in [9.17, 15) is 27.7 Å². The fourth-order valence-corrected chi connectivity index (χ4v) is 5.39. The summed E-state index contributed by atoms with van der Waals surface area (Å²) in [6.07, 6.45) is 0.345. The molecule has 1 amide bonds. The molecule has 0 aliphatic heterocycles. The predicted octanol–water partition coefficient (Wildman–Crippen LogP) is 3.91. The number of carbonyl (C=O) groups excluding carboxylic acids is 1. The first-order valence-corrected chi connectivity index (χ1v) is 12.5. The first-order valence-electron chi connectivity index (χ1n) is 10.1. The van der Waals surface area contributed by atoms with Crippen LogP contribution in [0.1, 0.15) is 12.8 Å². The van der Waals surface area contributed by atoms with Crippen molar-refractivity contribution in [3.8, 4) is 0 Å². The monoisotopic (exact) mass is 530 g/mol. The Morgan fingerprint density at radius 3 is 2.44 bits per heavy atom. The Hall–Kier alpha value is -2.67. The van der Waals surface area contributed by atoms with E-state index in [1.165, 1.54) is 35.2 Å². The molecule has 0 saturated heterocycles. The third-order valence-corrected chi connectivity index (χ3v) is 7.62. The van der Waals surface area contributed by atoms with Crippen molar-refractivity contribution in [3.05, 3.63) is 58.4 Å². The molecular weight excluding hydrogens is 507 g/mol. The summed E-state index contributed by atoms with van der Waals surface area (Å²) in [4.78, 5) is 31.4. The lowest BCUT2D eigenvalue weighted by Gasteiger charge is -2.21. The standard InChI is InChI=1S/C21H23FN4O5S2.ClH/c1-24(2)11-3-12-25(21-23-18-9-6-16(26(28)29)14-19(18)32-21)20(27)10-13-33(30,31)17-7-4-15(22)5-8-17;/h4-9,14H,3,10-13H2,1-2H3;1H. The Kier molecular flexibility index (Phi) is 9.45. The van der Waals surface area contributed by atoms with Crippen LogP contribution in [0.4, 0.5) is 15.2 Å². The maximum absolute atomic E-state index is 13.1. The van der Waals surface area contributed by atoms with Gasteiger partial charge in [-0.2, -0.15) is 0 Å². The second kappa shape index (κ2) is 11.6. The second-order valence-electron chi connectivity index (χ2n) is 7.63. The summed E-state index contributed by atoms with van der Waals surface area (Å²) >= 11 is 1.14. The van der Waals surface area contributed by atoms with Gasteiger partial charge in [0.2, 0.25) is 5.91 Å². The normalized spacial score (nSPS) is 11.4. The van der Waals surface area contributed by atoms with E-state index in [1.807, 2.05) is 19.0 Å². The summed E-state index contributed by atoms with van der Waals surface area (Å²) in [5, 5.41) is 11.4. The molecule has 0 N–H and O–H groups in total. The Labute approximate surface area is 206 Å². The molecule has 3 rings (SSSR count). The number of aromatic nitrogens is 1. The van der Waals surface area contributed by atoms with Crippen molar-refractivity contribution >= 4 is 60.5 Å². The molecule has 0 atom stereocenters. The molecule has 0 aliphatic rings. The largest absolute Gasteiger partial charge is 0.309 e. The van der Waals surface area contributed by atoms with E-state index in [0.717, 1.165) is 23.5 Å². The molecule has 1 heterocycles. The smallest absolute Gasteiger partial charge is 0.270 e. The van der Waals surface area contributed by atoms with E-state index in [0.29, 0.717) is 34.9 Å². The maximum Gasteiger partial charge on any atom is 0.270 e. The number of halogens is 2. The van der Waals surface area contributed by atoms with Gasteiger partial charge < -0.3 is 4.90 Å². The molecule has 184 valence electrons. The molecule has 0 saturated carbocycles. The number of carbonyl (C=O) groups is 1. The first kappa shape index (κ1) is 27.6. The number of amides is 1. The summed E-state index contributed by atoms with van der Waals surface area (Å²) in [6, 6.07) is 8.73. The zero-order chi connectivity index (χ0) is 24.2. The molecule has 0 fully saturated rings. The van der Waals surface area contributed by atoms with E-state index in [1.54, 1.807) is 0 Å². The van der Waals surface area contributed by atoms with Crippen LogP contribution in [0.2, 0.25) is 0 Å². The highest BCUT2D eigenvalue weighted by atomic mass is 35.5. The van der Waals surface area contributed by atoms with Crippen LogP contribution in [0.5, 0.6) is 0 Å². The van der Waals surface area contributed by atoms with E-state index in [-0.39, 0.29) is 29.4 Å².